The van der Waals surface area contributed by atoms with Gasteiger partial charge in [0.25, 0.3) is 5.91 Å². The first-order valence-corrected chi connectivity index (χ1v) is 8.80. The fraction of sp³-hybridized carbons (Fsp3) is 0.182. The molecule has 2 aromatic carbocycles. The van der Waals surface area contributed by atoms with Gasteiger partial charge in [0.1, 0.15) is 0 Å². The Morgan fingerprint density at radius 1 is 1.04 bits per heavy atom. The summed E-state index contributed by atoms with van der Waals surface area (Å²) in [6, 6.07) is 14.1. The van der Waals surface area contributed by atoms with Crippen LogP contribution in [0, 0.1) is 13.8 Å². The average Bonchev–Trinajstić information content (AvgIpc) is 2.66. The van der Waals surface area contributed by atoms with Crippen molar-refractivity contribution in [2.75, 3.05) is 11.9 Å². The van der Waals surface area contributed by atoms with E-state index in [1.165, 1.54) is 6.92 Å². The van der Waals surface area contributed by atoms with Crippen molar-refractivity contribution in [2.24, 2.45) is 0 Å². The maximum atomic E-state index is 12.5. The highest BCUT2D eigenvalue weighted by Crippen LogP contribution is 2.23. The summed E-state index contributed by atoms with van der Waals surface area (Å²) in [5.74, 6) is -1.18. The van der Waals surface area contributed by atoms with Crippen molar-refractivity contribution in [3.63, 3.8) is 0 Å². The summed E-state index contributed by atoms with van der Waals surface area (Å²) >= 11 is 0. The molecule has 0 radical (unpaired) electrons. The lowest BCUT2D eigenvalue weighted by atomic mass is 10.0. The molecule has 0 aliphatic carbocycles. The number of fused-ring (bicyclic) bond motifs is 1. The van der Waals surface area contributed by atoms with E-state index in [4.69, 9.17) is 4.74 Å². The number of ketones is 1. The number of nitrogens with one attached hydrogen (secondary N) is 1. The highest BCUT2D eigenvalue weighted by Gasteiger charge is 2.18. The van der Waals surface area contributed by atoms with Crippen LogP contribution in [0.3, 0.4) is 0 Å². The number of Topliss-reactive ketones (excluding diaryl/α,β-unsaturated/α-hetero) is 1. The number of nitrogens with zero attached hydrogens (tertiary/aromatic N) is 1. The van der Waals surface area contributed by atoms with Crippen molar-refractivity contribution < 1.29 is 19.1 Å². The van der Waals surface area contributed by atoms with Gasteiger partial charge in [0.2, 0.25) is 0 Å². The van der Waals surface area contributed by atoms with Gasteiger partial charge in [-0.2, -0.15) is 0 Å². The highest BCUT2D eigenvalue weighted by molar-refractivity contribution is 6.00. The zero-order valence-electron chi connectivity index (χ0n) is 15.9. The normalized spacial score (nSPS) is 10.5. The molecule has 0 saturated heterocycles. The first-order valence-electron chi connectivity index (χ1n) is 8.80. The summed E-state index contributed by atoms with van der Waals surface area (Å²) in [4.78, 5) is 40.5. The number of rotatable bonds is 5. The SMILES string of the molecule is CC(=O)c1cccc(NC(=O)COC(=O)c2c(C)nc3ccccc3c2C)c1. The standard InChI is InChI=1S/C22H20N2O4/c1-13-18-9-4-5-10-19(18)23-14(2)21(13)22(27)28-12-20(26)24-17-8-6-7-16(11-17)15(3)25/h4-11H,12H2,1-3H3,(H,24,26). The van der Waals surface area contributed by atoms with Crippen LogP contribution >= 0.6 is 0 Å². The fourth-order valence-electron chi connectivity index (χ4n) is 3.05. The fourth-order valence-corrected chi connectivity index (χ4v) is 3.05. The lowest BCUT2D eigenvalue weighted by Crippen LogP contribution is -2.22. The molecule has 28 heavy (non-hydrogen) atoms. The molecule has 1 amide bonds. The minimum atomic E-state index is -0.596. The Kier molecular flexibility index (Phi) is 5.49. The number of benzene rings is 2. The number of hydrogen-bond donors (Lipinski definition) is 1. The molecular weight excluding hydrogens is 356 g/mol. The third-order valence-corrected chi connectivity index (χ3v) is 4.42. The van der Waals surface area contributed by atoms with Gasteiger partial charge < -0.3 is 10.1 Å². The number of aryl methyl sites for hydroxylation is 2. The Hall–Kier alpha value is -3.54. The zero-order chi connectivity index (χ0) is 20.3. The van der Waals surface area contributed by atoms with Crippen LogP contribution in [0.2, 0.25) is 0 Å². The summed E-state index contributed by atoms with van der Waals surface area (Å²) in [5, 5.41) is 3.49. The van der Waals surface area contributed by atoms with Crippen LogP contribution in [0.4, 0.5) is 5.69 Å². The van der Waals surface area contributed by atoms with E-state index in [9.17, 15) is 14.4 Å². The van der Waals surface area contributed by atoms with Crippen LogP contribution in [0.1, 0.15) is 38.9 Å². The second kappa shape index (κ2) is 8.00. The Balaban J connectivity index is 1.70. The minimum Gasteiger partial charge on any atom is -0.452 e. The van der Waals surface area contributed by atoms with Gasteiger partial charge in [-0.3, -0.25) is 14.6 Å². The third-order valence-electron chi connectivity index (χ3n) is 4.42. The van der Waals surface area contributed by atoms with E-state index in [2.05, 4.69) is 10.3 Å². The van der Waals surface area contributed by atoms with Gasteiger partial charge in [-0.1, -0.05) is 30.3 Å². The molecule has 0 fully saturated rings. The number of aromatic nitrogens is 1. The smallest absolute Gasteiger partial charge is 0.340 e. The highest BCUT2D eigenvalue weighted by atomic mass is 16.5. The van der Waals surface area contributed by atoms with Crippen molar-refractivity contribution >= 4 is 34.3 Å². The van der Waals surface area contributed by atoms with Gasteiger partial charge in [-0.05, 0) is 44.5 Å². The molecule has 3 rings (SSSR count). The number of carbonyl (C=O) groups is 3. The molecule has 1 heterocycles. The predicted molar refractivity (Wildman–Crippen MR) is 107 cm³/mol. The van der Waals surface area contributed by atoms with Crippen LogP contribution in [0.15, 0.2) is 48.5 Å². The number of hydrogen-bond acceptors (Lipinski definition) is 5. The zero-order valence-corrected chi connectivity index (χ0v) is 15.9. The molecule has 0 unspecified atom stereocenters. The van der Waals surface area contributed by atoms with E-state index in [0.29, 0.717) is 22.5 Å². The van der Waals surface area contributed by atoms with Crippen LogP contribution < -0.4 is 5.32 Å². The molecule has 0 aliphatic rings. The molecule has 0 atom stereocenters. The Labute approximate surface area is 162 Å². The molecule has 6 heteroatoms. The van der Waals surface area contributed by atoms with E-state index >= 15 is 0 Å². The van der Waals surface area contributed by atoms with Crippen molar-refractivity contribution in [1.29, 1.82) is 0 Å². The Morgan fingerprint density at radius 3 is 2.54 bits per heavy atom. The largest absolute Gasteiger partial charge is 0.452 e. The van der Waals surface area contributed by atoms with E-state index in [-0.39, 0.29) is 5.78 Å². The summed E-state index contributed by atoms with van der Waals surface area (Å²) in [6.45, 7) is 4.59. The van der Waals surface area contributed by atoms with Gasteiger partial charge in [0.15, 0.2) is 12.4 Å². The van der Waals surface area contributed by atoms with Gasteiger partial charge in [-0.15, -0.1) is 0 Å². The van der Waals surface area contributed by atoms with E-state index in [0.717, 1.165) is 16.5 Å². The first kappa shape index (κ1) is 19.2. The van der Waals surface area contributed by atoms with Crippen LogP contribution in [-0.2, 0) is 9.53 Å². The summed E-state index contributed by atoms with van der Waals surface area (Å²) in [5.41, 5.74) is 3.44. The lowest BCUT2D eigenvalue weighted by Gasteiger charge is -2.12. The molecule has 1 N–H and O–H groups in total. The Bertz CT molecular complexity index is 1090. The number of esters is 1. The second-order valence-electron chi connectivity index (χ2n) is 6.48. The van der Waals surface area contributed by atoms with Crippen molar-refractivity contribution in [1.82, 2.24) is 4.98 Å². The summed E-state index contributed by atoms with van der Waals surface area (Å²) < 4.78 is 5.19. The molecule has 0 spiro atoms. The monoisotopic (exact) mass is 376 g/mol. The average molecular weight is 376 g/mol. The lowest BCUT2D eigenvalue weighted by molar-refractivity contribution is -0.119. The van der Waals surface area contributed by atoms with Crippen molar-refractivity contribution in [2.45, 2.75) is 20.8 Å². The molecule has 0 aliphatic heterocycles. The maximum absolute atomic E-state index is 12.5. The second-order valence-corrected chi connectivity index (χ2v) is 6.48. The van der Waals surface area contributed by atoms with Crippen molar-refractivity contribution in [3.8, 4) is 0 Å². The van der Waals surface area contributed by atoms with Gasteiger partial charge in [-0.25, -0.2) is 4.79 Å². The molecule has 142 valence electrons. The number of anilines is 1. The molecule has 0 saturated carbocycles. The van der Waals surface area contributed by atoms with E-state index in [1.54, 1.807) is 31.2 Å². The van der Waals surface area contributed by atoms with Gasteiger partial charge in [0, 0.05) is 16.6 Å². The third kappa shape index (κ3) is 4.06. The molecule has 1 aromatic heterocycles. The number of ether oxygens (including phenoxy) is 1. The molecule has 0 bridgehead atoms. The van der Waals surface area contributed by atoms with Gasteiger partial charge >= 0.3 is 5.97 Å². The quantitative estimate of drug-likeness (QED) is 0.540. The number of carbonyl (C=O) groups excluding carboxylic acids is 3. The molecule has 6 nitrogen and oxygen atoms in total. The van der Waals surface area contributed by atoms with Crippen LogP contribution in [-0.4, -0.2) is 29.3 Å². The van der Waals surface area contributed by atoms with E-state index < -0.39 is 18.5 Å². The van der Waals surface area contributed by atoms with Crippen molar-refractivity contribution in [3.05, 3.63) is 70.9 Å². The van der Waals surface area contributed by atoms with E-state index in [1.807, 2.05) is 31.2 Å². The minimum absolute atomic E-state index is 0.0997. The van der Waals surface area contributed by atoms with Crippen LogP contribution in [0.25, 0.3) is 10.9 Å². The molecule has 3 aromatic rings. The summed E-state index contributed by atoms with van der Waals surface area (Å²) in [7, 11) is 0. The number of amides is 1. The first-order chi connectivity index (χ1) is 13.4. The summed E-state index contributed by atoms with van der Waals surface area (Å²) in [6.07, 6.45) is 0. The van der Waals surface area contributed by atoms with Gasteiger partial charge in [0.05, 0.1) is 16.8 Å². The van der Waals surface area contributed by atoms with Crippen LogP contribution in [0.5, 0.6) is 0 Å². The maximum Gasteiger partial charge on any atom is 0.340 e. The number of pyridine rings is 1. The predicted octanol–water partition coefficient (Wildman–Crippen LogP) is 3.85. The number of para-hydroxylation sites is 1. The Morgan fingerprint density at radius 2 is 1.79 bits per heavy atom. The molecular formula is C22H20N2O4. The topological polar surface area (TPSA) is 85.4 Å².